The Morgan fingerprint density at radius 3 is 2.90 bits per heavy atom. The van der Waals surface area contributed by atoms with Crippen LogP contribution in [0.4, 0.5) is 5.82 Å². The Kier molecular flexibility index (Phi) is 3.00. The molecule has 0 radical (unpaired) electrons. The van der Waals surface area contributed by atoms with Crippen molar-refractivity contribution in [1.29, 1.82) is 0 Å². The first-order valence-corrected chi connectivity index (χ1v) is 7.88. The first-order valence-electron chi connectivity index (χ1n) is 7.88. The molecule has 2 aliphatic rings. The molecule has 2 heterocycles. The second kappa shape index (κ2) is 4.88. The van der Waals surface area contributed by atoms with E-state index in [1.807, 2.05) is 30.3 Å². The summed E-state index contributed by atoms with van der Waals surface area (Å²) in [6.45, 7) is 1.06. The number of anilines is 1. The van der Waals surface area contributed by atoms with Gasteiger partial charge in [0.1, 0.15) is 5.82 Å². The Labute approximate surface area is 124 Å². The van der Waals surface area contributed by atoms with E-state index in [2.05, 4.69) is 15.6 Å². The second-order valence-electron chi connectivity index (χ2n) is 6.49. The van der Waals surface area contributed by atoms with Crippen LogP contribution in [0.1, 0.15) is 32.1 Å². The van der Waals surface area contributed by atoms with Crippen LogP contribution in [0.5, 0.6) is 0 Å². The summed E-state index contributed by atoms with van der Waals surface area (Å²) in [5, 5.41) is 8.97. The van der Waals surface area contributed by atoms with Crippen LogP contribution in [-0.4, -0.2) is 23.1 Å². The molecule has 1 aliphatic heterocycles. The number of aromatic amines is 1. The van der Waals surface area contributed by atoms with Gasteiger partial charge < -0.3 is 15.6 Å². The SMILES string of the molecule is O=c1[nH]c(NC2CCNC3(CCC3)C2)cc2ccccc12. The first-order chi connectivity index (χ1) is 10.2. The number of hydrogen-bond donors (Lipinski definition) is 3. The van der Waals surface area contributed by atoms with Crippen molar-refractivity contribution in [2.75, 3.05) is 11.9 Å². The van der Waals surface area contributed by atoms with E-state index in [0.717, 1.165) is 36.0 Å². The highest BCUT2D eigenvalue weighted by atomic mass is 16.1. The molecule has 4 heteroatoms. The predicted octanol–water partition coefficient (Wildman–Crippen LogP) is 2.61. The molecule has 1 atom stereocenters. The Balaban J connectivity index is 1.58. The zero-order valence-electron chi connectivity index (χ0n) is 12.1. The predicted molar refractivity (Wildman–Crippen MR) is 85.8 cm³/mol. The Hall–Kier alpha value is -1.81. The Bertz CT molecular complexity index is 717. The standard InChI is InChI=1S/C17H21N3O/c21-16-14-5-2-1-4-12(14)10-15(20-16)19-13-6-9-18-17(11-13)7-3-8-17/h1-2,4-5,10,13,18H,3,6-9,11H2,(H2,19,20,21). The monoisotopic (exact) mass is 283 g/mol. The van der Waals surface area contributed by atoms with Gasteiger partial charge in [0.05, 0.1) is 0 Å². The highest BCUT2D eigenvalue weighted by molar-refractivity contribution is 5.83. The number of pyridine rings is 1. The van der Waals surface area contributed by atoms with Crippen LogP contribution in [0, 0.1) is 0 Å². The number of piperidine rings is 1. The normalized spacial score (nSPS) is 23.9. The van der Waals surface area contributed by atoms with Crippen molar-refractivity contribution < 1.29 is 0 Å². The summed E-state index contributed by atoms with van der Waals surface area (Å²) in [6, 6.07) is 10.2. The van der Waals surface area contributed by atoms with Gasteiger partial charge in [0.2, 0.25) is 0 Å². The molecule has 1 aromatic carbocycles. The van der Waals surface area contributed by atoms with E-state index in [1.54, 1.807) is 0 Å². The largest absolute Gasteiger partial charge is 0.369 e. The first kappa shape index (κ1) is 12.9. The van der Waals surface area contributed by atoms with Crippen molar-refractivity contribution in [2.24, 2.45) is 0 Å². The third kappa shape index (κ3) is 2.33. The van der Waals surface area contributed by atoms with E-state index < -0.39 is 0 Å². The van der Waals surface area contributed by atoms with Crippen LogP contribution in [0.2, 0.25) is 0 Å². The molecule has 4 nitrogen and oxygen atoms in total. The summed E-state index contributed by atoms with van der Waals surface area (Å²) in [5.74, 6) is 0.847. The molecule has 1 aliphatic carbocycles. The third-order valence-corrected chi connectivity index (χ3v) is 5.05. The van der Waals surface area contributed by atoms with Gasteiger partial charge in [-0.05, 0) is 56.2 Å². The molecule has 1 spiro atoms. The highest BCUT2D eigenvalue weighted by Crippen LogP contribution is 2.38. The quantitative estimate of drug-likeness (QED) is 0.794. The number of nitrogens with one attached hydrogen (secondary N) is 3. The molecule has 1 saturated carbocycles. The maximum atomic E-state index is 12.1. The van der Waals surface area contributed by atoms with Gasteiger partial charge in [-0.1, -0.05) is 18.2 Å². The number of benzene rings is 1. The van der Waals surface area contributed by atoms with Gasteiger partial charge in [0.25, 0.3) is 5.56 Å². The van der Waals surface area contributed by atoms with Crippen molar-refractivity contribution in [3.05, 3.63) is 40.7 Å². The van der Waals surface area contributed by atoms with Crippen molar-refractivity contribution in [2.45, 2.75) is 43.7 Å². The fourth-order valence-electron chi connectivity index (χ4n) is 3.77. The number of fused-ring (bicyclic) bond motifs is 1. The van der Waals surface area contributed by atoms with Gasteiger partial charge in [-0.25, -0.2) is 0 Å². The number of aromatic nitrogens is 1. The fraction of sp³-hybridized carbons (Fsp3) is 0.471. The molecule has 3 N–H and O–H groups in total. The molecule has 21 heavy (non-hydrogen) atoms. The zero-order chi connectivity index (χ0) is 14.3. The van der Waals surface area contributed by atoms with Gasteiger partial charge in [-0.15, -0.1) is 0 Å². The van der Waals surface area contributed by atoms with Crippen LogP contribution in [0.3, 0.4) is 0 Å². The minimum atomic E-state index is -0.0112. The van der Waals surface area contributed by atoms with Crippen LogP contribution in [0.15, 0.2) is 35.1 Å². The van der Waals surface area contributed by atoms with E-state index in [4.69, 9.17) is 0 Å². The third-order valence-electron chi connectivity index (χ3n) is 5.05. The van der Waals surface area contributed by atoms with Crippen LogP contribution >= 0.6 is 0 Å². The second-order valence-corrected chi connectivity index (χ2v) is 6.49. The molecule has 1 saturated heterocycles. The van der Waals surface area contributed by atoms with Crippen molar-refractivity contribution in [3.8, 4) is 0 Å². The van der Waals surface area contributed by atoms with Gasteiger partial charge in [0, 0.05) is 17.0 Å². The maximum absolute atomic E-state index is 12.1. The van der Waals surface area contributed by atoms with Crippen LogP contribution in [-0.2, 0) is 0 Å². The Morgan fingerprint density at radius 2 is 2.10 bits per heavy atom. The molecule has 2 aromatic rings. The van der Waals surface area contributed by atoms with E-state index in [0.29, 0.717) is 11.6 Å². The van der Waals surface area contributed by atoms with Crippen molar-refractivity contribution in [1.82, 2.24) is 10.3 Å². The molecule has 0 amide bonds. The van der Waals surface area contributed by atoms with E-state index in [-0.39, 0.29) is 5.56 Å². The molecule has 4 rings (SSSR count). The molecule has 1 unspecified atom stereocenters. The summed E-state index contributed by atoms with van der Waals surface area (Å²) in [7, 11) is 0. The highest BCUT2D eigenvalue weighted by Gasteiger charge is 2.40. The van der Waals surface area contributed by atoms with Gasteiger partial charge in [-0.3, -0.25) is 4.79 Å². The lowest BCUT2D eigenvalue weighted by atomic mass is 9.70. The van der Waals surface area contributed by atoms with Gasteiger partial charge in [-0.2, -0.15) is 0 Å². The average Bonchev–Trinajstić information content (AvgIpc) is 2.46. The lowest BCUT2D eigenvalue weighted by Crippen LogP contribution is -2.58. The summed E-state index contributed by atoms with van der Waals surface area (Å²) in [5.41, 5.74) is 0.357. The topological polar surface area (TPSA) is 56.9 Å². The number of H-pyrrole nitrogens is 1. The zero-order valence-corrected chi connectivity index (χ0v) is 12.1. The molecule has 2 fully saturated rings. The molecular weight excluding hydrogens is 262 g/mol. The van der Waals surface area contributed by atoms with Gasteiger partial charge >= 0.3 is 0 Å². The minimum absolute atomic E-state index is 0.0112. The maximum Gasteiger partial charge on any atom is 0.257 e. The minimum Gasteiger partial charge on any atom is -0.369 e. The fourth-order valence-corrected chi connectivity index (χ4v) is 3.77. The average molecular weight is 283 g/mol. The lowest BCUT2D eigenvalue weighted by Gasteiger charge is -2.48. The van der Waals surface area contributed by atoms with E-state index >= 15 is 0 Å². The summed E-state index contributed by atoms with van der Waals surface area (Å²) in [4.78, 5) is 15.1. The molecule has 1 aromatic heterocycles. The lowest BCUT2D eigenvalue weighted by molar-refractivity contribution is 0.135. The van der Waals surface area contributed by atoms with Crippen molar-refractivity contribution >= 4 is 16.6 Å². The smallest absolute Gasteiger partial charge is 0.257 e. The molecule has 0 bridgehead atoms. The Morgan fingerprint density at radius 1 is 1.24 bits per heavy atom. The van der Waals surface area contributed by atoms with Gasteiger partial charge in [0.15, 0.2) is 0 Å². The summed E-state index contributed by atoms with van der Waals surface area (Å²) < 4.78 is 0. The summed E-state index contributed by atoms with van der Waals surface area (Å²) in [6.07, 6.45) is 6.18. The number of rotatable bonds is 2. The number of hydrogen-bond acceptors (Lipinski definition) is 3. The molecule has 110 valence electrons. The van der Waals surface area contributed by atoms with E-state index in [1.165, 1.54) is 19.3 Å². The van der Waals surface area contributed by atoms with Crippen LogP contribution in [0.25, 0.3) is 10.8 Å². The van der Waals surface area contributed by atoms with E-state index in [9.17, 15) is 4.79 Å². The molecular formula is C17H21N3O. The van der Waals surface area contributed by atoms with Crippen LogP contribution < -0.4 is 16.2 Å². The summed E-state index contributed by atoms with van der Waals surface area (Å²) >= 11 is 0. The van der Waals surface area contributed by atoms with Crippen molar-refractivity contribution in [3.63, 3.8) is 0 Å².